The number of hydrogen-bond donors (Lipinski definition) is 0. The second-order valence-electron chi connectivity index (χ2n) is 19.2. The smallest absolute Gasteiger partial charge is 0.305 e. The molecule has 0 aliphatic rings. The van der Waals surface area contributed by atoms with Crippen LogP contribution in [-0.4, -0.2) is 15.0 Å². The Bertz CT molecular complexity index is 3950. The minimum absolute atomic E-state index is 0. The molecule has 0 amide bonds. The Balaban J connectivity index is 0.00000631. The first-order chi connectivity index (χ1) is 37.3. The Kier molecular flexibility index (Phi) is 14.8. The van der Waals surface area contributed by atoms with Gasteiger partial charge in [0.25, 0.3) is 0 Å². The van der Waals surface area contributed by atoms with Crippen molar-refractivity contribution in [3.8, 4) is 123 Å². The van der Waals surface area contributed by atoms with Gasteiger partial charge in [0.1, 0.15) is 0 Å². The van der Waals surface area contributed by atoms with E-state index in [0.717, 1.165) is 133 Å². The Hall–Kier alpha value is -8.44. The number of benzene rings is 9. The zero-order valence-corrected chi connectivity index (χ0v) is 46.6. The second-order valence-corrected chi connectivity index (χ2v) is 20.0. The van der Waals surface area contributed by atoms with Crippen LogP contribution in [0.25, 0.3) is 123 Å². The maximum absolute atomic E-state index is 5.02. The first-order valence-electron chi connectivity index (χ1n) is 25.5. The molecule has 0 atom stereocenters. The molecule has 5 heteroatoms. The Labute approximate surface area is 473 Å². The fraction of sp³-hybridized carbons (Fsp3) is 0.0417. The summed E-state index contributed by atoms with van der Waals surface area (Å²) >= 11 is 4.05. The molecule has 3 heterocycles. The molecule has 12 rings (SSSR count). The van der Waals surface area contributed by atoms with Crippen molar-refractivity contribution < 1.29 is 20.1 Å². The van der Waals surface area contributed by atoms with Crippen molar-refractivity contribution in [3.63, 3.8) is 0 Å². The number of aryl methyl sites for hydroxylation is 3. The second kappa shape index (κ2) is 22.4. The Morgan fingerprint density at radius 3 is 1.17 bits per heavy atom. The van der Waals surface area contributed by atoms with Crippen LogP contribution in [0.15, 0.2) is 248 Å². The maximum Gasteiger partial charge on any atom is 3.00 e. The average molecular weight is 1230 g/mol. The summed E-state index contributed by atoms with van der Waals surface area (Å²) in [5.74, 6) is 0. The predicted molar refractivity (Wildman–Crippen MR) is 318 cm³/mol. The topological polar surface area (TPSA) is 38.7 Å². The SMILES string of the molecule is Cc1cc(-c2[c-]cc(-c3ccccc3-c3cc(-c4ccccc4-c4c[c-]c(-c5ccccn5)cc4C)cc(-c4ccccc4-c4c[c-]c(-c5ccccn5)cc4C)c3)c(Br)c2)ncc1-c1cccc(-c2ccccc2)c1.[Ir+3]. The van der Waals surface area contributed by atoms with Crippen LogP contribution in [-0.2, 0) is 20.1 Å². The maximum atomic E-state index is 5.02. The molecule has 77 heavy (non-hydrogen) atoms. The molecular weight excluding hydrogens is 1180 g/mol. The number of rotatable bonds is 11. The zero-order chi connectivity index (χ0) is 51.5. The fourth-order valence-corrected chi connectivity index (χ4v) is 11.0. The molecule has 0 radical (unpaired) electrons. The van der Waals surface area contributed by atoms with Crippen LogP contribution in [0.4, 0.5) is 0 Å². The van der Waals surface area contributed by atoms with Crippen LogP contribution < -0.4 is 0 Å². The van der Waals surface area contributed by atoms with Crippen molar-refractivity contribution in [2.75, 3.05) is 0 Å². The van der Waals surface area contributed by atoms with Crippen LogP contribution >= 0.6 is 15.9 Å². The largest absolute Gasteiger partial charge is 3.00 e. The van der Waals surface area contributed by atoms with Crippen molar-refractivity contribution in [2.24, 2.45) is 0 Å². The fourth-order valence-electron chi connectivity index (χ4n) is 10.4. The molecule has 12 aromatic rings. The van der Waals surface area contributed by atoms with Crippen molar-refractivity contribution in [2.45, 2.75) is 20.8 Å². The van der Waals surface area contributed by atoms with Gasteiger partial charge in [-0.25, -0.2) is 0 Å². The van der Waals surface area contributed by atoms with Gasteiger partial charge in [-0.2, -0.15) is 0 Å². The van der Waals surface area contributed by atoms with E-state index in [1.54, 1.807) is 0 Å². The van der Waals surface area contributed by atoms with Gasteiger partial charge >= 0.3 is 20.1 Å². The minimum atomic E-state index is 0. The van der Waals surface area contributed by atoms with Gasteiger partial charge in [0.2, 0.25) is 0 Å². The predicted octanol–water partition coefficient (Wildman–Crippen LogP) is 19.3. The normalized spacial score (nSPS) is 11.0. The summed E-state index contributed by atoms with van der Waals surface area (Å²) in [6, 6.07) is 90.2. The molecule has 0 aliphatic carbocycles. The molecule has 0 N–H and O–H groups in total. The standard InChI is InChI=1S/C72H49BrN3.Ir/c1-47-38-53(70-28-13-15-36-74-70)30-33-59(47)64-25-10-7-22-61(64)56-42-57(62-23-8-11-26-65(62)60-34-31-54(39-48(60)2)71-29-14-16-37-75-71)44-58(43-56)63-24-9-12-27-66(63)67-35-32-55(45-69(67)73)72-40-49(3)68(46-76-72)52-21-17-20-51(41-52)50-18-5-4-6-19-50;/h4-29,33-46H,1-3H3;/q-3;+3. The summed E-state index contributed by atoms with van der Waals surface area (Å²) in [5.41, 5.74) is 26.9. The number of hydrogen-bond acceptors (Lipinski definition) is 3. The molecule has 9 aromatic carbocycles. The third-order valence-corrected chi connectivity index (χ3v) is 14.9. The van der Waals surface area contributed by atoms with E-state index in [4.69, 9.17) is 4.98 Å². The summed E-state index contributed by atoms with van der Waals surface area (Å²) in [6.45, 7) is 6.52. The van der Waals surface area contributed by atoms with Gasteiger partial charge in [0, 0.05) is 24.2 Å². The van der Waals surface area contributed by atoms with Crippen LogP contribution in [0.1, 0.15) is 16.7 Å². The Morgan fingerprint density at radius 1 is 0.299 bits per heavy atom. The first kappa shape index (κ1) is 50.7. The van der Waals surface area contributed by atoms with Crippen molar-refractivity contribution in [1.82, 2.24) is 15.0 Å². The zero-order valence-electron chi connectivity index (χ0n) is 42.6. The number of halogens is 1. The van der Waals surface area contributed by atoms with Crippen LogP contribution in [0.5, 0.6) is 0 Å². The van der Waals surface area contributed by atoms with Gasteiger partial charge in [-0.15, -0.1) is 82.4 Å². The van der Waals surface area contributed by atoms with E-state index in [1.165, 1.54) is 11.1 Å². The molecule has 0 spiro atoms. The first-order valence-corrected chi connectivity index (χ1v) is 26.3. The molecule has 0 unspecified atom stereocenters. The molecule has 0 aliphatic heterocycles. The van der Waals surface area contributed by atoms with Gasteiger partial charge in [-0.05, 0) is 116 Å². The molecule has 0 saturated heterocycles. The molecule has 0 fully saturated rings. The molecule has 0 saturated carbocycles. The monoisotopic (exact) mass is 1230 g/mol. The van der Waals surface area contributed by atoms with E-state index in [9.17, 15) is 0 Å². The summed E-state index contributed by atoms with van der Waals surface area (Å²) in [7, 11) is 0. The van der Waals surface area contributed by atoms with Gasteiger partial charge in [-0.3, -0.25) is 0 Å². The van der Waals surface area contributed by atoms with E-state index in [0.29, 0.717) is 0 Å². The van der Waals surface area contributed by atoms with Crippen molar-refractivity contribution >= 4 is 15.9 Å². The van der Waals surface area contributed by atoms with Crippen LogP contribution in [0, 0.1) is 39.0 Å². The molecular formula is C72H49BrIrN3. The summed E-state index contributed by atoms with van der Waals surface area (Å²) in [5, 5.41) is 0. The van der Waals surface area contributed by atoms with Gasteiger partial charge in [-0.1, -0.05) is 219 Å². The van der Waals surface area contributed by atoms with E-state index >= 15 is 0 Å². The van der Waals surface area contributed by atoms with Crippen molar-refractivity contribution in [1.29, 1.82) is 0 Å². The van der Waals surface area contributed by atoms with Gasteiger partial charge in [0.15, 0.2) is 0 Å². The van der Waals surface area contributed by atoms with Gasteiger partial charge in [0.05, 0.1) is 0 Å². The summed E-state index contributed by atoms with van der Waals surface area (Å²) in [4.78, 5) is 14.3. The summed E-state index contributed by atoms with van der Waals surface area (Å²) < 4.78 is 0.960. The number of aromatic nitrogens is 3. The van der Waals surface area contributed by atoms with Crippen molar-refractivity contribution in [3.05, 3.63) is 282 Å². The summed E-state index contributed by atoms with van der Waals surface area (Å²) in [6.07, 6.45) is 5.65. The number of nitrogens with zero attached hydrogens (tertiary/aromatic N) is 3. The quantitative estimate of drug-likeness (QED) is 0.121. The minimum Gasteiger partial charge on any atom is -0.305 e. The van der Waals surface area contributed by atoms with E-state index in [2.05, 4.69) is 253 Å². The van der Waals surface area contributed by atoms with E-state index < -0.39 is 0 Å². The Morgan fingerprint density at radius 2 is 0.701 bits per heavy atom. The van der Waals surface area contributed by atoms with Crippen LogP contribution in [0.2, 0.25) is 0 Å². The molecule has 3 nitrogen and oxygen atoms in total. The van der Waals surface area contributed by atoms with E-state index in [-0.39, 0.29) is 20.1 Å². The van der Waals surface area contributed by atoms with Crippen LogP contribution in [0.3, 0.4) is 0 Å². The third kappa shape index (κ3) is 10.5. The third-order valence-electron chi connectivity index (χ3n) is 14.3. The average Bonchev–Trinajstić information content (AvgIpc) is 3.51. The molecule has 368 valence electrons. The number of pyridine rings is 3. The van der Waals surface area contributed by atoms with E-state index in [1.807, 2.05) is 55.0 Å². The van der Waals surface area contributed by atoms with Gasteiger partial charge < -0.3 is 15.0 Å². The molecule has 0 bridgehead atoms. The molecule has 3 aromatic heterocycles.